The molecule has 43 heavy (non-hydrogen) atoms. The monoisotopic (exact) mass is 611 g/mol. The Morgan fingerprint density at radius 2 is 1.44 bits per heavy atom. The molecule has 0 bridgehead atoms. The number of thiazole rings is 1. The van der Waals surface area contributed by atoms with E-state index in [1.807, 2.05) is 43.3 Å². The molecular weight excluding hydrogens is 590 g/mol. The summed E-state index contributed by atoms with van der Waals surface area (Å²) in [6, 6.07) is 23.9. The predicted octanol–water partition coefficient (Wildman–Crippen LogP) is 8.13. The van der Waals surface area contributed by atoms with Gasteiger partial charge < -0.3 is 10.1 Å². The summed E-state index contributed by atoms with van der Waals surface area (Å²) in [5.74, 6) is 0.0380. The van der Waals surface area contributed by atoms with Crippen LogP contribution < -0.4 is 15.0 Å². The third-order valence-corrected chi connectivity index (χ3v) is 8.78. The van der Waals surface area contributed by atoms with Crippen LogP contribution in [-0.4, -0.2) is 27.8 Å². The Labute approximate surface area is 253 Å². The quantitative estimate of drug-likeness (QED) is 0.143. The molecule has 2 heterocycles. The van der Waals surface area contributed by atoms with Crippen LogP contribution in [-0.2, 0) is 0 Å². The molecule has 214 valence electrons. The Hall–Kier alpha value is -5.27. The van der Waals surface area contributed by atoms with Crippen LogP contribution in [0.3, 0.4) is 0 Å². The van der Waals surface area contributed by atoms with Crippen molar-refractivity contribution in [3.05, 3.63) is 116 Å². The van der Waals surface area contributed by atoms with E-state index in [9.17, 15) is 25.0 Å². The summed E-state index contributed by atoms with van der Waals surface area (Å²) < 4.78 is 5.20. The van der Waals surface area contributed by atoms with Crippen molar-refractivity contribution in [2.75, 3.05) is 17.3 Å². The first-order chi connectivity index (χ1) is 20.7. The summed E-state index contributed by atoms with van der Waals surface area (Å²) in [6.45, 7) is 1.83. The van der Waals surface area contributed by atoms with Crippen LogP contribution in [0.4, 0.5) is 33.6 Å². The molecule has 6 rings (SSSR count). The first-order valence-corrected chi connectivity index (χ1v) is 14.4. The van der Waals surface area contributed by atoms with E-state index >= 15 is 0 Å². The fourth-order valence-electron chi connectivity index (χ4n) is 4.78. The standard InChI is InChI=1S/C30H21N5O6S2/c1-17-27(18-11-13-20(41-2)14-12-18)31-30(42-17)32-28-23(34(37)38)15-19(16-24(28)35(39)40)29(36)33-21-7-3-5-9-25(21)43-26-10-6-4-8-22(26)33/h3-16H,1-2H3,(H,31,32). The Morgan fingerprint density at radius 1 is 0.884 bits per heavy atom. The van der Waals surface area contributed by atoms with Gasteiger partial charge in [0.15, 0.2) is 10.8 Å². The molecule has 0 fully saturated rings. The number of nitro groups is 2. The topological polar surface area (TPSA) is 141 Å². The van der Waals surface area contributed by atoms with Crippen LogP contribution in [0.5, 0.6) is 5.75 Å². The SMILES string of the molecule is COc1ccc(-c2nc(Nc3c([N+](=O)[O-])cc(C(=O)N4c5ccccc5Sc5ccccc54)cc3[N+](=O)[O-])sc2C)cc1. The Balaban J connectivity index is 1.42. The van der Waals surface area contributed by atoms with E-state index in [1.165, 1.54) is 28.0 Å². The van der Waals surface area contributed by atoms with Gasteiger partial charge in [0.05, 0.1) is 39.6 Å². The lowest BCUT2D eigenvalue weighted by atomic mass is 10.1. The van der Waals surface area contributed by atoms with Crippen molar-refractivity contribution in [2.45, 2.75) is 16.7 Å². The summed E-state index contributed by atoms with van der Waals surface area (Å²) in [5.41, 5.74) is 0.751. The first-order valence-electron chi connectivity index (χ1n) is 12.8. The number of anilines is 4. The van der Waals surface area contributed by atoms with Gasteiger partial charge in [0.2, 0.25) is 0 Å². The zero-order chi connectivity index (χ0) is 30.2. The molecule has 0 saturated carbocycles. The average Bonchev–Trinajstić information content (AvgIpc) is 3.38. The highest BCUT2D eigenvalue weighted by molar-refractivity contribution is 7.99. The van der Waals surface area contributed by atoms with E-state index in [-0.39, 0.29) is 16.4 Å². The molecule has 0 spiro atoms. The lowest BCUT2D eigenvalue weighted by molar-refractivity contribution is -0.392. The summed E-state index contributed by atoms with van der Waals surface area (Å²) in [4.78, 5) is 45.5. The molecule has 1 N–H and O–H groups in total. The summed E-state index contributed by atoms with van der Waals surface area (Å²) in [7, 11) is 1.56. The first kappa shape index (κ1) is 27.9. The van der Waals surface area contributed by atoms with Gasteiger partial charge in [0.25, 0.3) is 5.91 Å². The number of nitrogens with zero attached hydrogens (tertiary/aromatic N) is 4. The fraction of sp³-hybridized carbons (Fsp3) is 0.0667. The number of carbonyl (C=O) groups is 1. The number of amides is 1. The van der Waals surface area contributed by atoms with Crippen molar-refractivity contribution in [1.82, 2.24) is 4.98 Å². The highest BCUT2D eigenvalue weighted by Crippen LogP contribution is 2.49. The van der Waals surface area contributed by atoms with E-state index in [0.29, 0.717) is 22.8 Å². The van der Waals surface area contributed by atoms with Gasteiger partial charge in [-0.2, -0.15) is 0 Å². The van der Waals surface area contributed by atoms with Crippen molar-refractivity contribution in [3.63, 3.8) is 0 Å². The predicted molar refractivity (Wildman–Crippen MR) is 165 cm³/mol. The molecule has 0 radical (unpaired) electrons. The van der Waals surface area contributed by atoms with Crippen LogP contribution in [0.25, 0.3) is 11.3 Å². The molecule has 0 unspecified atom stereocenters. The van der Waals surface area contributed by atoms with Crippen LogP contribution in [0.1, 0.15) is 15.2 Å². The number of nitro benzene ring substituents is 2. The number of aromatic nitrogens is 1. The molecule has 0 saturated heterocycles. The van der Waals surface area contributed by atoms with E-state index in [2.05, 4.69) is 10.3 Å². The molecule has 4 aromatic carbocycles. The molecule has 0 atom stereocenters. The maximum absolute atomic E-state index is 14.0. The number of carbonyl (C=O) groups excluding carboxylic acids is 1. The molecule has 11 nitrogen and oxygen atoms in total. The van der Waals surface area contributed by atoms with Crippen LogP contribution in [0, 0.1) is 27.2 Å². The number of aryl methyl sites for hydroxylation is 1. The van der Waals surface area contributed by atoms with Gasteiger partial charge in [-0.3, -0.25) is 29.9 Å². The number of nitrogens with one attached hydrogen (secondary N) is 1. The van der Waals surface area contributed by atoms with Gasteiger partial charge in [-0.1, -0.05) is 36.0 Å². The summed E-state index contributed by atoms with van der Waals surface area (Å²) >= 11 is 2.69. The maximum Gasteiger partial charge on any atom is 0.300 e. The lowest BCUT2D eigenvalue weighted by Crippen LogP contribution is -2.28. The minimum absolute atomic E-state index is 0.199. The van der Waals surface area contributed by atoms with Gasteiger partial charge in [-0.05, 0) is 55.5 Å². The number of benzene rings is 4. The normalized spacial score (nSPS) is 11.8. The molecule has 1 amide bonds. The largest absolute Gasteiger partial charge is 0.497 e. The molecular formula is C30H21N5O6S2. The van der Waals surface area contributed by atoms with Gasteiger partial charge >= 0.3 is 11.4 Å². The zero-order valence-corrected chi connectivity index (χ0v) is 24.3. The van der Waals surface area contributed by atoms with Crippen molar-refractivity contribution in [2.24, 2.45) is 0 Å². The van der Waals surface area contributed by atoms with Crippen LogP contribution in [0.15, 0.2) is 94.7 Å². The second-order valence-corrected chi connectivity index (χ2v) is 11.6. The number of para-hydroxylation sites is 2. The average molecular weight is 612 g/mol. The molecule has 1 aliphatic rings. The zero-order valence-electron chi connectivity index (χ0n) is 22.6. The molecule has 5 aromatic rings. The number of hydrogen-bond donors (Lipinski definition) is 1. The number of fused-ring (bicyclic) bond motifs is 2. The number of rotatable bonds is 7. The second kappa shape index (κ2) is 11.2. The van der Waals surface area contributed by atoms with Gasteiger partial charge in [-0.15, -0.1) is 11.3 Å². The minimum Gasteiger partial charge on any atom is -0.497 e. The molecule has 1 aromatic heterocycles. The Bertz CT molecular complexity index is 1840. The van der Waals surface area contributed by atoms with Gasteiger partial charge in [0.1, 0.15) is 5.75 Å². The van der Waals surface area contributed by atoms with Crippen molar-refractivity contribution < 1.29 is 19.4 Å². The highest BCUT2D eigenvalue weighted by Gasteiger charge is 2.34. The number of ether oxygens (including phenoxy) is 1. The smallest absolute Gasteiger partial charge is 0.300 e. The number of methoxy groups -OCH3 is 1. The number of hydrogen-bond acceptors (Lipinski definition) is 10. The molecule has 13 heteroatoms. The van der Waals surface area contributed by atoms with E-state index in [0.717, 1.165) is 32.4 Å². The maximum atomic E-state index is 14.0. The Morgan fingerprint density at radius 3 is 1.98 bits per heavy atom. The van der Waals surface area contributed by atoms with Crippen LogP contribution >= 0.6 is 23.1 Å². The minimum atomic E-state index is -0.745. The summed E-state index contributed by atoms with van der Waals surface area (Å²) in [5, 5.41) is 27.6. The highest BCUT2D eigenvalue weighted by atomic mass is 32.2. The molecule has 1 aliphatic heterocycles. The lowest BCUT2D eigenvalue weighted by Gasteiger charge is -2.31. The van der Waals surface area contributed by atoms with Gasteiger partial charge in [0, 0.05) is 32.4 Å². The second-order valence-electron chi connectivity index (χ2n) is 9.36. The van der Waals surface area contributed by atoms with Crippen molar-refractivity contribution in [1.29, 1.82) is 0 Å². The van der Waals surface area contributed by atoms with Crippen molar-refractivity contribution in [3.8, 4) is 17.0 Å². The van der Waals surface area contributed by atoms with Gasteiger partial charge in [-0.25, -0.2) is 4.98 Å². The summed E-state index contributed by atoms with van der Waals surface area (Å²) in [6.07, 6.45) is 0. The van der Waals surface area contributed by atoms with Crippen molar-refractivity contribution >= 4 is 62.6 Å². The van der Waals surface area contributed by atoms with E-state index in [1.54, 1.807) is 43.5 Å². The van der Waals surface area contributed by atoms with E-state index in [4.69, 9.17) is 4.74 Å². The van der Waals surface area contributed by atoms with Crippen LogP contribution in [0.2, 0.25) is 0 Å². The fourth-order valence-corrected chi connectivity index (χ4v) is 6.68. The van der Waals surface area contributed by atoms with E-state index < -0.39 is 27.1 Å². The Kier molecular flexibility index (Phi) is 7.26. The third-order valence-electron chi connectivity index (χ3n) is 6.76. The molecule has 0 aliphatic carbocycles. The third kappa shape index (κ3) is 5.15.